The van der Waals surface area contributed by atoms with E-state index in [2.05, 4.69) is 26.2 Å². The number of nitrogens with zero attached hydrogens (tertiary/aromatic N) is 2. The van der Waals surface area contributed by atoms with Crippen molar-refractivity contribution in [2.24, 2.45) is 0 Å². The molecule has 4 nitrogen and oxygen atoms in total. The summed E-state index contributed by atoms with van der Waals surface area (Å²) in [5, 5.41) is 8.09. The molecule has 3 aromatic heterocycles. The number of pyridine rings is 1. The van der Waals surface area contributed by atoms with E-state index < -0.39 is 0 Å². The van der Waals surface area contributed by atoms with Gasteiger partial charge >= 0.3 is 0 Å². The molecular weight excluding hydrogens is 236 g/mol. The maximum Gasteiger partial charge on any atom is 0.137 e. The molecular formula is C15H16N4. The van der Waals surface area contributed by atoms with Gasteiger partial charge in [-0.05, 0) is 30.4 Å². The van der Waals surface area contributed by atoms with E-state index in [-0.39, 0.29) is 0 Å². The summed E-state index contributed by atoms with van der Waals surface area (Å²) in [5.74, 6) is 0.698. The molecule has 0 aliphatic heterocycles. The quantitative estimate of drug-likeness (QED) is 0.732. The highest BCUT2D eigenvalue weighted by Gasteiger charge is 2.18. The highest BCUT2D eigenvalue weighted by molar-refractivity contribution is 5.93. The van der Waals surface area contributed by atoms with Crippen LogP contribution in [0.3, 0.4) is 0 Å². The summed E-state index contributed by atoms with van der Waals surface area (Å²) < 4.78 is 0. The minimum atomic E-state index is 0.698. The fraction of sp³-hybridized carbons (Fsp3) is 0.333. The van der Waals surface area contributed by atoms with Crippen LogP contribution < -0.4 is 0 Å². The van der Waals surface area contributed by atoms with Crippen LogP contribution in [0, 0.1) is 0 Å². The molecule has 2 N–H and O–H groups in total. The molecule has 4 heteroatoms. The van der Waals surface area contributed by atoms with Crippen LogP contribution in [0.15, 0.2) is 30.9 Å². The van der Waals surface area contributed by atoms with Gasteiger partial charge in [0, 0.05) is 35.1 Å². The van der Waals surface area contributed by atoms with E-state index in [4.69, 9.17) is 0 Å². The van der Waals surface area contributed by atoms with Gasteiger partial charge in [-0.2, -0.15) is 5.10 Å². The van der Waals surface area contributed by atoms with Crippen LogP contribution in [0.5, 0.6) is 0 Å². The second kappa shape index (κ2) is 4.23. The molecule has 96 valence electrons. The third-order valence-corrected chi connectivity index (χ3v) is 4.19. The molecule has 0 saturated heterocycles. The molecule has 0 amide bonds. The van der Waals surface area contributed by atoms with Crippen molar-refractivity contribution in [3.05, 3.63) is 36.4 Å². The summed E-state index contributed by atoms with van der Waals surface area (Å²) in [6, 6.07) is 2.30. The average Bonchev–Trinajstić information content (AvgIpc) is 3.18. The third kappa shape index (κ3) is 1.75. The molecule has 19 heavy (non-hydrogen) atoms. The smallest absolute Gasteiger partial charge is 0.137 e. The molecule has 0 atom stereocenters. The Morgan fingerprint density at radius 3 is 2.79 bits per heavy atom. The Morgan fingerprint density at radius 1 is 1.11 bits per heavy atom. The van der Waals surface area contributed by atoms with Crippen LogP contribution in [0.4, 0.5) is 0 Å². The Morgan fingerprint density at radius 2 is 2.00 bits per heavy atom. The highest BCUT2D eigenvalue weighted by Crippen LogP contribution is 2.36. The lowest BCUT2D eigenvalue weighted by Crippen LogP contribution is -1.93. The first-order chi connectivity index (χ1) is 9.42. The summed E-state index contributed by atoms with van der Waals surface area (Å²) in [6.07, 6.45) is 13.1. The summed E-state index contributed by atoms with van der Waals surface area (Å²) in [4.78, 5) is 7.81. The Hall–Kier alpha value is -2.10. The van der Waals surface area contributed by atoms with Gasteiger partial charge < -0.3 is 4.98 Å². The first-order valence-corrected chi connectivity index (χ1v) is 6.88. The van der Waals surface area contributed by atoms with Crippen molar-refractivity contribution >= 4 is 11.0 Å². The van der Waals surface area contributed by atoms with Gasteiger partial charge in [-0.3, -0.25) is 5.10 Å². The number of fused-ring (bicyclic) bond motifs is 1. The topological polar surface area (TPSA) is 57.4 Å². The minimum Gasteiger partial charge on any atom is -0.346 e. The van der Waals surface area contributed by atoms with E-state index in [1.165, 1.54) is 42.2 Å². The number of aromatic amines is 2. The second-order valence-corrected chi connectivity index (χ2v) is 5.34. The molecule has 3 aromatic rings. The van der Waals surface area contributed by atoms with E-state index in [9.17, 15) is 0 Å². The summed E-state index contributed by atoms with van der Waals surface area (Å²) >= 11 is 0. The van der Waals surface area contributed by atoms with Gasteiger partial charge in [0.15, 0.2) is 0 Å². The Kier molecular flexibility index (Phi) is 2.40. The van der Waals surface area contributed by atoms with E-state index in [0.29, 0.717) is 5.92 Å². The number of nitrogens with one attached hydrogen (secondary N) is 2. The molecule has 3 heterocycles. The molecule has 1 saturated carbocycles. The predicted molar refractivity (Wildman–Crippen MR) is 74.9 cm³/mol. The Bertz CT molecular complexity index is 690. The zero-order valence-electron chi connectivity index (χ0n) is 10.7. The van der Waals surface area contributed by atoms with E-state index >= 15 is 0 Å². The molecule has 0 unspecified atom stereocenters. The molecule has 4 rings (SSSR count). The fourth-order valence-electron chi connectivity index (χ4n) is 3.14. The molecule has 0 radical (unpaired) electrons. The Labute approximate surface area is 111 Å². The third-order valence-electron chi connectivity index (χ3n) is 4.19. The summed E-state index contributed by atoms with van der Waals surface area (Å²) in [7, 11) is 0. The zero-order valence-corrected chi connectivity index (χ0v) is 10.7. The first kappa shape index (κ1) is 10.8. The largest absolute Gasteiger partial charge is 0.346 e. The van der Waals surface area contributed by atoms with Gasteiger partial charge in [-0.1, -0.05) is 12.8 Å². The predicted octanol–water partition coefficient (Wildman–Crippen LogP) is 3.61. The zero-order chi connectivity index (χ0) is 12.7. The van der Waals surface area contributed by atoms with Crippen LogP contribution in [0.2, 0.25) is 0 Å². The number of hydrogen-bond donors (Lipinski definition) is 2. The molecule has 1 aliphatic carbocycles. The minimum absolute atomic E-state index is 0.698. The molecule has 0 spiro atoms. The monoisotopic (exact) mass is 252 g/mol. The number of rotatable bonds is 2. The summed E-state index contributed by atoms with van der Waals surface area (Å²) in [6.45, 7) is 0. The van der Waals surface area contributed by atoms with E-state index in [1.807, 2.05) is 24.8 Å². The van der Waals surface area contributed by atoms with E-state index in [1.54, 1.807) is 0 Å². The average molecular weight is 252 g/mol. The maximum absolute atomic E-state index is 4.57. The van der Waals surface area contributed by atoms with Gasteiger partial charge in [0.2, 0.25) is 0 Å². The lowest BCUT2D eigenvalue weighted by Gasteiger charge is -2.08. The highest BCUT2D eigenvalue weighted by atomic mass is 15.1. The van der Waals surface area contributed by atoms with Crippen molar-refractivity contribution in [3.63, 3.8) is 0 Å². The van der Waals surface area contributed by atoms with E-state index in [0.717, 1.165) is 11.2 Å². The summed E-state index contributed by atoms with van der Waals surface area (Å²) in [5.41, 5.74) is 4.63. The first-order valence-electron chi connectivity index (χ1n) is 6.88. The van der Waals surface area contributed by atoms with Crippen LogP contribution >= 0.6 is 0 Å². The number of hydrogen-bond acceptors (Lipinski definition) is 2. The SMILES string of the molecule is c1n[nH]cc1-c1c[nH]c2ncc(C3CCCC3)cc12. The standard InChI is InChI=1S/C15H16N4/c1-2-4-10(3-1)11-5-13-14(12-7-18-19-8-12)9-17-15(13)16-6-11/h5-10H,1-4H2,(H,16,17)(H,18,19). The van der Waals surface area contributed by atoms with Crippen molar-refractivity contribution in [1.82, 2.24) is 20.2 Å². The number of H-pyrrole nitrogens is 2. The second-order valence-electron chi connectivity index (χ2n) is 5.34. The van der Waals surface area contributed by atoms with Crippen molar-refractivity contribution in [1.29, 1.82) is 0 Å². The Balaban J connectivity index is 1.84. The van der Waals surface area contributed by atoms with Crippen molar-refractivity contribution in [2.45, 2.75) is 31.6 Å². The molecule has 1 aliphatic rings. The molecule has 1 fully saturated rings. The molecule has 0 bridgehead atoms. The lowest BCUT2D eigenvalue weighted by molar-refractivity contribution is 0.721. The lowest BCUT2D eigenvalue weighted by atomic mass is 9.97. The number of aromatic nitrogens is 4. The van der Waals surface area contributed by atoms with Gasteiger partial charge in [0.05, 0.1) is 6.20 Å². The van der Waals surface area contributed by atoms with Crippen LogP contribution in [-0.4, -0.2) is 20.2 Å². The maximum atomic E-state index is 4.57. The van der Waals surface area contributed by atoms with Gasteiger partial charge in [0.1, 0.15) is 5.65 Å². The van der Waals surface area contributed by atoms with Crippen LogP contribution in [0.1, 0.15) is 37.2 Å². The van der Waals surface area contributed by atoms with Crippen LogP contribution in [0.25, 0.3) is 22.2 Å². The molecule has 0 aromatic carbocycles. The fourth-order valence-corrected chi connectivity index (χ4v) is 3.14. The van der Waals surface area contributed by atoms with Gasteiger partial charge in [-0.25, -0.2) is 4.98 Å². The van der Waals surface area contributed by atoms with Crippen molar-refractivity contribution < 1.29 is 0 Å². The van der Waals surface area contributed by atoms with Crippen molar-refractivity contribution in [2.75, 3.05) is 0 Å². The van der Waals surface area contributed by atoms with Crippen molar-refractivity contribution in [3.8, 4) is 11.1 Å². The van der Waals surface area contributed by atoms with Gasteiger partial charge in [0.25, 0.3) is 0 Å². The van der Waals surface area contributed by atoms with Crippen LogP contribution in [-0.2, 0) is 0 Å². The normalized spacial score (nSPS) is 16.4. The van der Waals surface area contributed by atoms with Gasteiger partial charge in [-0.15, -0.1) is 0 Å².